The summed E-state index contributed by atoms with van der Waals surface area (Å²) in [5.41, 5.74) is 1.32. The van der Waals surface area contributed by atoms with Crippen molar-refractivity contribution >= 4 is 0 Å². The lowest BCUT2D eigenvalue weighted by Crippen LogP contribution is -2.38. The van der Waals surface area contributed by atoms with Gasteiger partial charge in [-0.2, -0.15) is 13.2 Å². The van der Waals surface area contributed by atoms with Crippen LogP contribution in [0.25, 0.3) is 0 Å². The molecule has 6 heteroatoms. The number of halogens is 3. The third-order valence-electron chi connectivity index (χ3n) is 2.57. The second-order valence-corrected chi connectivity index (χ2v) is 3.90. The Hall–Kier alpha value is -1.30. The maximum Gasteiger partial charge on any atom is 0.401 e. The SMILES string of the molecule is O=c1ccc2c([nH]1)CCN(CC(F)(F)F)C2. The van der Waals surface area contributed by atoms with E-state index in [1.807, 2.05) is 0 Å². The van der Waals surface area contributed by atoms with Crippen LogP contribution in [-0.4, -0.2) is 29.1 Å². The molecule has 2 heterocycles. The van der Waals surface area contributed by atoms with Gasteiger partial charge in [-0.25, -0.2) is 0 Å². The number of nitrogens with one attached hydrogen (secondary N) is 1. The van der Waals surface area contributed by atoms with Crippen LogP contribution in [0.15, 0.2) is 16.9 Å². The van der Waals surface area contributed by atoms with Crippen molar-refractivity contribution < 1.29 is 13.2 Å². The molecule has 0 fully saturated rings. The fraction of sp³-hybridized carbons (Fsp3) is 0.500. The second kappa shape index (κ2) is 3.93. The van der Waals surface area contributed by atoms with E-state index in [1.165, 1.54) is 11.0 Å². The Labute approximate surface area is 89.9 Å². The van der Waals surface area contributed by atoms with Crippen LogP contribution in [0.5, 0.6) is 0 Å². The van der Waals surface area contributed by atoms with Crippen molar-refractivity contribution in [2.24, 2.45) is 0 Å². The van der Waals surface area contributed by atoms with Crippen molar-refractivity contribution in [3.05, 3.63) is 33.7 Å². The van der Waals surface area contributed by atoms with Gasteiger partial charge in [0.25, 0.3) is 0 Å². The zero-order chi connectivity index (χ0) is 11.8. The van der Waals surface area contributed by atoms with Crippen molar-refractivity contribution in [3.8, 4) is 0 Å². The molecule has 0 saturated heterocycles. The largest absolute Gasteiger partial charge is 0.401 e. The molecule has 0 bridgehead atoms. The molecule has 0 aromatic carbocycles. The van der Waals surface area contributed by atoms with E-state index in [4.69, 9.17) is 0 Å². The average molecular weight is 232 g/mol. The molecule has 0 unspecified atom stereocenters. The average Bonchev–Trinajstić information content (AvgIpc) is 2.16. The lowest BCUT2D eigenvalue weighted by molar-refractivity contribution is -0.147. The Morgan fingerprint density at radius 2 is 2.12 bits per heavy atom. The van der Waals surface area contributed by atoms with Crippen molar-refractivity contribution in [3.63, 3.8) is 0 Å². The highest BCUT2D eigenvalue weighted by Gasteiger charge is 2.32. The number of pyridine rings is 1. The molecule has 1 aliphatic heterocycles. The van der Waals surface area contributed by atoms with Gasteiger partial charge in [0, 0.05) is 31.3 Å². The maximum absolute atomic E-state index is 12.2. The van der Waals surface area contributed by atoms with E-state index in [9.17, 15) is 18.0 Å². The van der Waals surface area contributed by atoms with E-state index in [1.54, 1.807) is 6.07 Å². The summed E-state index contributed by atoms with van der Waals surface area (Å²) in [7, 11) is 0. The highest BCUT2D eigenvalue weighted by molar-refractivity contribution is 5.22. The van der Waals surface area contributed by atoms with Crippen LogP contribution in [0.3, 0.4) is 0 Å². The van der Waals surface area contributed by atoms with Gasteiger partial charge in [-0.05, 0) is 5.56 Å². The van der Waals surface area contributed by atoms with Crippen LogP contribution in [0.2, 0.25) is 0 Å². The van der Waals surface area contributed by atoms with Crippen molar-refractivity contribution in [1.29, 1.82) is 0 Å². The highest BCUT2D eigenvalue weighted by atomic mass is 19.4. The molecule has 0 radical (unpaired) electrons. The van der Waals surface area contributed by atoms with Gasteiger partial charge in [0.1, 0.15) is 0 Å². The number of H-pyrrole nitrogens is 1. The van der Waals surface area contributed by atoms with Gasteiger partial charge in [-0.15, -0.1) is 0 Å². The number of aromatic amines is 1. The molecule has 0 spiro atoms. The summed E-state index contributed by atoms with van der Waals surface area (Å²) >= 11 is 0. The van der Waals surface area contributed by atoms with Gasteiger partial charge in [-0.1, -0.05) is 6.07 Å². The van der Waals surface area contributed by atoms with Crippen molar-refractivity contribution in [2.45, 2.75) is 19.1 Å². The Morgan fingerprint density at radius 1 is 1.38 bits per heavy atom. The van der Waals surface area contributed by atoms with Crippen molar-refractivity contribution in [1.82, 2.24) is 9.88 Å². The number of nitrogens with zero attached hydrogens (tertiary/aromatic N) is 1. The molecule has 2 rings (SSSR count). The molecule has 88 valence electrons. The number of alkyl halides is 3. The zero-order valence-electron chi connectivity index (χ0n) is 8.47. The van der Waals surface area contributed by atoms with Gasteiger partial charge < -0.3 is 4.98 Å². The second-order valence-electron chi connectivity index (χ2n) is 3.90. The van der Waals surface area contributed by atoms with Crippen LogP contribution in [0, 0.1) is 0 Å². The van der Waals surface area contributed by atoms with Gasteiger partial charge >= 0.3 is 6.18 Å². The number of hydrogen-bond acceptors (Lipinski definition) is 2. The summed E-state index contributed by atoms with van der Waals surface area (Å²) in [6, 6.07) is 2.94. The van der Waals surface area contributed by atoms with E-state index < -0.39 is 12.7 Å². The van der Waals surface area contributed by atoms with E-state index in [0.29, 0.717) is 13.0 Å². The molecule has 16 heavy (non-hydrogen) atoms. The first-order valence-corrected chi connectivity index (χ1v) is 4.94. The Morgan fingerprint density at radius 3 is 2.81 bits per heavy atom. The fourth-order valence-electron chi connectivity index (χ4n) is 1.90. The summed E-state index contributed by atoms with van der Waals surface area (Å²) in [6.45, 7) is -0.330. The highest BCUT2D eigenvalue weighted by Crippen LogP contribution is 2.21. The molecule has 3 nitrogen and oxygen atoms in total. The van der Waals surface area contributed by atoms with Crippen LogP contribution < -0.4 is 5.56 Å². The molecule has 0 saturated carbocycles. The molecule has 0 aliphatic carbocycles. The first kappa shape index (κ1) is 11.2. The van der Waals surface area contributed by atoms with E-state index >= 15 is 0 Å². The first-order chi connectivity index (χ1) is 7.44. The molecule has 0 amide bonds. The summed E-state index contributed by atoms with van der Waals surface area (Å²) in [5, 5.41) is 0. The normalized spacial score (nSPS) is 17.2. The van der Waals surface area contributed by atoms with Gasteiger partial charge in [0.15, 0.2) is 0 Å². The van der Waals surface area contributed by atoms with E-state index in [-0.39, 0.29) is 12.1 Å². The standard InChI is InChI=1S/C10H11F3N2O/c11-10(12,13)6-15-4-3-8-7(5-15)1-2-9(16)14-8/h1-2H,3-6H2,(H,14,16). The monoisotopic (exact) mass is 232 g/mol. The molecular weight excluding hydrogens is 221 g/mol. The Balaban J connectivity index is 2.12. The number of fused-ring (bicyclic) bond motifs is 1. The van der Waals surface area contributed by atoms with Crippen molar-refractivity contribution in [2.75, 3.05) is 13.1 Å². The first-order valence-electron chi connectivity index (χ1n) is 4.94. The van der Waals surface area contributed by atoms with Gasteiger partial charge in [-0.3, -0.25) is 9.69 Å². The number of aromatic nitrogens is 1. The quantitative estimate of drug-likeness (QED) is 0.792. The van der Waals surface area contributed by atoms with E-state index in [0.717, 1.165) is 11.3 Å². The lowest BCUT2D eigenvalue weighted by Gasteiger charge is -2.28. The molecule has 1 aliphatic rings. The molecule has 1 aromatic rings. The smallest absolute Gasteiger partial charge is 0.326 e. The molecule has 1 aromatic heterocycles. The third-order valence-corrected chi connectivity index (χ3v) is 2.57. The lowest BCUT2D eigenvalue weighted by atomic mass is 10.1. The minimum absolute atomic E-state index is 0.206. The Kier molecular flexibility index (Phi) is 2.75. The van der Waals surface area contributed by atoms with Crippen LogP contribution in [-0.2, 0) is 13.0 Å². The third kappa shape index (κ3) is 2.63. The van der Waals surface area contributed by atoms with Gasteiger partial charge in [0.05, 0.1) is 6.54 Å². The topological polar surface area (TPSA) is 36.1 Å². The summed E-state index contributed by atoms with van der Waals surface area (Å²) in [6.07, 6.45) is -3.71. The number of hydrogen-bond donors (Lipinski definition) is 1. The summed E-state index contributed by atoms with van der Waals surface area (Å²) in [4.78, 5) is 15.0. The van der Waals surface area contributed by atoms with Crippen LogP contribution >= 0.6 is 0 Å². The fourth-order valence-corrected chi connectivity index (χ4v) is 1.90. The Bertz CT molecular complexity index is 438. The van der Waals surface area contributed by atoms with E-state index in [2.05, 4.69) is 4.98 Å². The summed E-state index contributed by atoms with van der Waals surface area (Å²) < 4.78 is 36.5. The van der Waals surface area contributed by atoms with Crippen LogP contribution in [0.4, 0.5) is 13.2 Å². The predicted molar refractivity (Wildman–Crippen MR) is 52.1 cm³/mol. The van der Waals surface area contributed by atoms with Crippen LogP contribution in [0.1, 0.15) is 11.3 Å². The van der Waals surface area contributed by atoms with Gasteiger partial charge in [0.2, 0.25) is 5.56 Å². The molecule has 1 N–H and O–H groups in total. The molecular formula is C10H11F3N2O. The number of rotatable bonds is 1. The minimum Gasteiger partial charge on any atom is -0.326 e. The molecule has 0 atom stereocenters. The minimum atomic E-state index is -4.17. The zero-order valence-corrected chi connectivity index (χ0v) is 8.47. The summed E-state index contributed by atoms with van der Waals surface area (Å²) in [5.74, 6) is 0. The predicted octanol–water partition coefficient (Wildman–Crippen LogP) is 1.30. The maximum atomic E-state index is 12.2.